The van der Waals surface area contributed by atoms with Crippen molar-refractivity contribution < 1.29 is 0 Å². The summed E-state index contributed by atoms with van der Waals surface area (Å²) in [6.45, 7) is 8.24. The summed E-state index contributed by atoms with van der Waals surface area (Å²) in [6.07, 6.45) is 2.37. The molecule has 13 heavy (non-hydrogen) atoms. The lowest BCUT2D eigenvalue weighted by atomic mass is 10.1. The second-order valence-electron chi connectivity index (χ2n) is 2.85. The van der Waals surface area contributed by atoms with Crippen LogP contribution in [-0.2, 0) is 6.42 Å². The standard InChI is InChI=1S/C9H15NS.C2H6/c1-3-4-8-5-6-11-9(8)7(2)10;1-2/h5-7H,3-4,10H2,1-2H3;1-2H3. The third kappa shape index (κ3) is 3.92. The number of aryl methyl sites for hydroxylation is 1. The van der Waals surface area contributed by atoms with Gasteiger partial charge in [0.15, 0.2) is 0 Å². The average Bonchev–Trinajstić information content (AvgIpc) is 2.57. The summed E-state index contributed by atoms with van der Waals surface area (Å²) in [5.74, 6) is 0. The Hall–Kier alpha value is -0.340. The van der Waals surface area contributed by atoms with Crippen LogP contribution in [0.3, 0.4) is 0 Å². The molecule has 0 fully saturated rings. The van der Waals surface area contributed by atoms with Gasteiger partial charge in [-0.2, -0.15) is 0 Å². The smallest absolute Gasteiger partial charge is 0.0363 e. The minimum atomic E-state index is 0.205. The minimum Gasteiger partial charge on any atom is -0.323 e. The number of rotatable bonds is 3. The molecule has 2 N–H and O–H groups in total. The summed E-state index contributed by atoms with van der Waals surface area (Å²) in [7, 11) is 0. The lowest BCUT2D eigenvalue weighted by Crippen LogP contribution is -2.04. The maximum atomic E-state index is 5.80. The van der Waals surface area contributed by atoms with E-state index in [2.05, 4.69) is 18.4 Å². The Bertz CT molecular complexity index is 216. The van der Waals surface area contributed by atoms with Gasteiger partial charge in [-0.25, -0.2) is 0 Å². The molecule has 1 rings (SSSR count). The van der Waals surface area contributed by atoms with Crippen LogP contribution in [0.5, 0.6) is 0 Å². The Morgan fingerprint density at radius 2 is 2.08 bits per heavy atom. The molecule has 0 amide bonds. The summed E-state index contributed by atoms with van der Waals surface area (Å²) in [5, 5.41) is 2.13. The highest BCUT2D eigenvalue weighted by Gasteiger charge is 2.06. The molecule has 1 aromatic rings. The molecule has 1 nitrogen and oxygen atoms in total. The van der Waals surface area contributed by atoms with Gasteiger partial charge in [0.05, 0.1) is 0 Å². The predicted octanol–water partition coefficient (Wildman–Crippen LogP) is 3.75. The van der Waals surface area contributed by atoms with Gasteiger partial charge >= 0.3 is 0 Å². The van der Waals surface area contributed by atoms with Crippen LogP contribution in [0.1, 0.15) is 50.6 Å². The number of hydrogen-bond acceptors (Lipinski definition) is 2. The first-order chi connectivity index (χ1) is 6.25. The maximum absolute atomic E-state index is 5.80. The molecular formula is C11H21NS. The van der Waals surface area contributed by atoms with E-state index < -0.39 is 0 Å². The van der Waals surface area contributed by atoms with Crippen LogP contribution in [0.25, 0.3) is 0 Å². The quantitative estimate of drug-likeness (QED) is 0.788. The molecule has 0 aliphatic heterocycles. The molecule has 0 bridgehead atoms. The molecular weight excluding hydrogens is 178 g/mol. The van der Waals surface area contributed by atoms with E-state index >= 15 is 0 Å². The fourth-order valence-corrected chi connectivity index (χ4v) is 2.14. The molecule has 0 saturated heterocycles. The molecule has 1 atom stereocenters. The normalized spacial score (nSPS) is 11.8. The van der Waals surface area contributed by atoms with E-state index in [-0.39, 0.29) is 6.04 Å². The van der Waals surface area contributed by atoms with Crippen molar-refractivity contribution in [1.29, 1.82) is 0 Å². The zero-order chi connectivity index (χ0) is 10.3. The summed E-state index contributed by atoms with van der Waals surface area (Å²) in [6, 6.07) is 2.39. The van der Waals surface area contributed by atoms with Crippen LogP contribution >= 0.6 is 11.3 Å². The highest BCUT2D eigenvalue weighted by atomic mass is 32.1. The van der Waals surface area contributed by atoms with E-state index in [1.807, 2.05) is 20.8 Å². The summed E-state index contributed by atoms with van der Waals surface area (Å²) >= 11 is 1.77. The Labute approximate surface area is 86.0 Å². The molecule has 76 valence electrons. The van der Waals surface area contributed by atoms with Gasteiger partial charge in [0, 0.05) is 10.9 Å². The van der Waals surface area contributed by atoms with Crippen LogP contribution in [0, 0.1) is 0 Å². The van der Waals surface area contributed by atoms with Crippen LogP contribution in [0.2, 0.25) is 0 Å². The van der Waals surface area contributed by atoms with Crippen molar-refractivity contribution in [2.45, 2.75) is 46.6 Å². The molecule has 0 aromatic carbocycles. The van der Waals surface area contributed by atoms with E-state index in [1.165, 1.54) is 23.3 Å². The first kappa shape index (κ1) is 12.7. The third-order valence-corrected chi connectivity index (χ3v) is 2.87. The summed E-state index contributed by atoms with van der Waals surface area (Å²) in [4.78, 5) is 1.35. The van der Waals surface area contributed by atoms with Crippen molar-refractivity contribution in [3.8, 4) is 0 Å². The Morgan fingerprint density at radius 1 is 1.46 bits per heavy atom. The molecule has 2 heteroatoms. The lowest BCUT2D eigenvalue weighted by molar-refractivity contribution is 0.808. The van der Waals surface area contributed by atoms with Crippen molar-refractivity contribution in [1.82, 2.24) is 0 Å². The van der Waals surface area contributed by atoms with Crippen LogP contribution in [-0.4, -0.2) is 0 Å². The molecule has 1 heterocycles. The number of thiophene rings is 1. The van der Waals surface area contributed by atoms with Crippen molar-refractivity contribution in [3.05, 3.63) is 21.9 Å². The fraction of sp³-hybridized carbons (Fsp3) is 0.636. The Morgan fingerprint density at radius 3 is 2.54 bits per heavy atom. The third-order valence-electron chi connectivity index (χ3n) is 1.71. The van der Waals surface area contributed by atoms with Crippen LogP contribution in [0.15, 0.2) is 11.4 Å². The van der Waals surface area contributed by atoms with Crippen LogP contribution < -0.4 is 5.73 Å². The molecule has 0 radical (unpaired) electrons. The van der Waals surface area contributed by atoms with Gasteiger partial charge in [0.2, 0.25) is 0 Å². The first-order valence-electron chi connectivity index (χ1n) is 5.07. The van der Waals surface area contributed by atoms with Gasteiger partial charge in [-0.1, -0.05) is 27.2 Å². The zero-order valence-electron chi connectivity index (χ0n) is 9.13. The number of nitrogens with two attached hydrogens (primary N) is 1. The first-order valence-corrected chi connectivity index (χ1v) is 5.95. The molecule has 0 aliphatic carbocycles. The van der Waals surface area contributed by atoms with E-state index in [9.17, 15) is 0 Å². The summed E-state index contributed by atoms with van der Waals surface area (Å²) in [5.41, 5.74) is 7.24. The second kappa shape index (κ2) is 7.10. The van der Waals surface area contributed by atoms with Gasteiger partial charge in [0.25, 0.3) is 0 Å². The SMILES string of the molecule is CC.CCCc1ccsc1C(C)N. The molecule has 0 saturated carbocycles. The van der Waals surface area contributed by atoms with E-state index in [1.54, 1.807) is 11.3 Å². The zero-order valence-corrected chi connectivity index (χ0v) is 9.95. The maximum Gasteiger partial charge on any atom is 0.0363 e. The van der Waals surface area contributed by atoms with E-state index in [0.29, 0.717) is 0 Å². The van der Waals surface area contributed by atoms with Gasteiger partial charge in [-0.3, -0.25) is 0 Å². The van der Waals surface area contributed by atoms with Gasteiger partial charge in [0.1, 0.15) is 0 Å². The Kier molecular flexibility index (Phi) is 6.92. The van der Waals surface area contributed by atoms with Gasteiger partial charge in [-0.15, -0.1) is 11.3 Å². The van der Waals surface area contributed by atoms with Crippen molar-refractivity contribution in [2.75, 3.05) is 0 Å². The van der Waals surface area contributed by atoms with Crippen LogP contribution in [0.4, 0.5) is 0 Å². The lowest BCUT2D eigenvalue weighted by Gasteiger charge is -2.04. The molecule has 1 unspecified atom stereocenters. The largest absolute Gasteiger partial charge is 0.323 e. The van der Waals surface area contributed by atoms with Gasteiger partial charge in [-0.05, 0) is 30.4 Å². The Balaban J connectivity index is 0.000000671. The number of hydrogen-bond donors (Lipinski definition) is 1. The topological polar surface area (TPSA) is 26.0 Å². The van der Waals surface area contributed by atoms with E-state index in [0.717, 1.165) is 0 Å². The molecule has 1 aromatic heterocycles. The second-order valence-corrected chi connectivity index (χ2v) is 3.80. The minimum absolute atomic E-state index is 0.205. The monoisotopic (exact) mass is 199 g/mol. The highest BCUT2D eigenvalue weighted by molar-refractivity contribution is 7.10. The van der Waals surface area contributed by atoms with Gasteiger partial charge < -0.3 is 5.73 Å². The average molecular weight is 199 g/mol. The van der Waals surface area contributed by atoms with Crippen molar-refractivity contribution in [2.24, 2.45) is 5.73 Å². The molecule has 0 spiro atoms. The fourth-order valence-electron chi connectivity index (χ4n) is 1.22. The predicted molar refractivity (Wildman–Crippen MR) is 62.3 cm³/mol. The van der Waals surface area contributed by atoms with Crippen molar-refractivity contribution >= 4 is 11.3 Å². The highest BCUT2D eigenvalue weighted by Crippen LogP contribution is 2.23. The van der Waals surface area contributed by atoms with E-state index in [4.69, 9.17) is 5.73 Å². The summed E-state index contributed by atoms with van der Waals surface area (Å²) < 4.78 is 0. The molecule has 0 aliphatic rings. The van der Waals surface area contributed by atoms with Crippen molar-refractivity contribution in [3.63, 3.8) is 0 Å².